The summed E-state index contributed by atoms with van der Waals surface area (Å²) in [5.41, 5.74) is 2.88. The van der Waals surface area contributed by atoms with Crippen molar-refractivity contribution in [3.05, 3.63) is 34.9 Å². The summed E-state index contributed by atoms with van der Waals surface area (Å²) in [7, 11) is 3.08. The van der Waals surface area contributed by atoms with Crippen LogP contribution in [0, 0.1) is 23.7 Å². The topological polar surface area (TPSA) is 149 Å². The van der Waals surface area contributed by atoms with Crippen molar-refractivity contribution in [2.75, 3.05) is 20.8 Å². The first-order chi connectivity index (χ1) is 25.1. The molecule has 3 heterocycles. The number of nitrogens with zero attached hydrogens (tertiary/aromatic N) is 1. The molecule has 0 spiro atoms. The molecule has 2 N–H and O–H groups in total. The molecule has 1 aliphatic carbocycles. The molecule has 1 amide bonds. The SMILES string of the molecule is CC[C@@H]1/C=C(\C)C[C@H](C)C[C@H](OC)[C@H]2O[C@@](O)(C(=O)C(=O)N3CCCC[C@H]3C(=O)O[C@H](/C(C)=C/C3=CCCCC3)[C@H](C)[C@@H](O)CC1=O)[C@H](C)C[C@@H]2OC. The third kappa shape index (κ3) is 10.3. The third-order valence-electron chi connectivity index (χ3n) is 12.0. The second kappa shape index (κ2) is 19.2. The van der Waals surface area contributed by atoms with Gasteiger partial charge >= 0.3 is 5.97 Å². The lowest BCUT2D eigenvalue weighted by molar-refractivity contribution is -0.302. The van der Waals surface area contributed by atoms with Gasteiger partial charge in [0.25, 0.3) is 11.7 Å². The Bertz CT molecular complexity index is 1400. The smallest absolute Gasteiger partial charge is 0.329 e. The minimum Gasteiger partial charge on any atom is -0.456 e. The van der Waals surface area contributed by atoms with Crippen LogP contribution in [0.1, 0.15) is 119 Å². The fraction of sp³-hybridized carbons (Fsp3) is 0.762. The van der Waals surface area contributed by atoms with E-state index in [1.165, 1.54) is 4.90 Å². The minimum atomic E-state index is -2.47. The number of esters is 1. The Kier molecular flexibility index (Phi) is 15.6. The molecule has 11 atom stereocenters. The van der Waals surface area contributed by atoms with E-state index in [0.29, 0.717) is 32.1 Å². The zero-order valence-electron chi connectivity index (χ0n) is 33.3. The molecule has 0 aromatic heterocycles. The van der Waals surface area contributed by atoms with Crippen LogP contribution in [-0.4, -0.2) is 102 Å². The van der Waals surface area contributed by atoms with Crippen molar-refractivity contribution >= 4 is 23.4 Å². The summed E-state index contributed by atoms with van der Waals surface area (Å²) in [5.74, 6) is -7.19. The molecule has 2 fully saturated rings. The van der Waals surface area contributed by atoms with Crippen LogP contribution in [0.25, 0.3) is 0 Å². The van der Waals surface area contributed by atoms with Gasteiger partial charge in [-0.1, -0.05) is 57.1 Å². The van der Waals surface area contributed by atoms with E-state index < -0.39 is 77.8 Å². The summed E-state index contributed by atoms with van der Waals surface area (Å²) in [6.07, 6.45) is 9.52. The van der Waals surface area contributed by atoms with E-state index >= 15 is 0 Å². The highest BCUT2D eigenvalue weighted by Crippen LogP contribution is 2.39. The quantitative estimate of drug-likeness (QED) is 0.201. The van der Waals surface area contributed by atoms with Crippen molar-refractivity contribution in [2.45, 2.75) is 161 Å². The monoisotopic (exact) mass is 743 g/mol. The Balaban J connectivity index is 1.77. The Labute approximate surface area is 316 Å². The van der Waals surface area contributed by atoms with Gasteiger partial charge in [0.15, 0.2) is 0 Å². The number of cyclic esters (lactones) is 1. The van der Waals surface area contributed by atoms with Crippen LogP contribution in [0.15, 0.2) is 34.9 Å². The number of aliphatic hydroxyl groups excluding tert-OH is 1. The normalized spacial score (nSPS) is 38.9. The van der Waals surface area contributed by atoms with Gasteiger partial charge in [0, 0.05) is 44.9 Å². The van der Waals surface area contributed by atoms with Gasteiger partial charge in [-0.15, -0.1) is 0 Å². The second-order valence-electron chi connectivity index (χ2n) is 16.2. The van der Waals surface area contributed by atoms with Gasteiger partial charge in [-0.05, 0) is 96.0 Å². The second-order valence-corrected chi connectivity index (χ2v) is 16.2. The highest BCUT2D eigenvalue weighted by atomic mass is 16.7. The number of aliphatic hydroxyl groups is 2. The molecule has 4 rings (SSSR count). The van der Waals surface area contributed by atoms with Gasteiger partial charge in [0.05, 0.1) is 18.3 Å². The number of allylic oxidation sites excluding steroid dienone is 5. The number of hydrogen-bond acceptors (Lipinski definition) is 10. The Morgan fingerprint density at radius 2 is 1.72 bits per heavy atom. The molecule has 0 unspecified atom stereocenters. The number of rotatable bonds is 5. The molecular weight excluding hydrogens is 678 g/mol. The van der Waals surface area contributed by atoms with Gasteiger partial charge in [-0.3, -0.25) is 14.4 Å². The van der Waals surface area contributed by atoms with E-state index in [2.05, 4.69) is 13.0 Å². The van der Waals surface area contributed by atoms with E-state index in [9.17, 15) is 29.4 Å². The van der Waals surface area contributed by atoms with E-state index in [4.69, 9.17) is 18.9 Å². The number of amides is 1. The molecule has 0 radical (unpaired) electrons. The number of methoxy groups -OCH3 is 2. The lowest BCUT2D eigenvalue weighted by atomic mass is 9.82. The zero-order chi connectivity index (χ0) is 39.0. The van der Waals surface area contributed by atoms with Crippen molar-refractivity contribution in [1.29, 1.82) is 0 Å². The maximum Gasteiger partial charge on any atom is 0.329 e. The number of ether oxygens (including phenoxy) is 4. The van der Waals surface area contributed by atoms with Gasteiger partial charge in [-0.2, -0.15) is 0 Å². The number of carbonyl (C=O) groups excluding carboxylic acids is 4. The largest absolute Gasteiger partial charge is 0.456 e. The fourth-order valence-corrected chi connectivity index (χ4v) is 8.74. The van der Waals surface area contributed by atoms with Gasteiger partial charge < -0.3 is 34.1 Å². The number of carbonyl (C=O) groups is 4. The first-order valence-electron chi connectivity index (χ1n) is 19.9. The molecule has 53 heavy (non-hydrogen) atoms. The molecule has 11 nitrogen and oxygen atoms in total. The number of ketones is 2. The van der Waals surface area contributed by atoms with Gasteiger partial charge in [0.2, 0.25) is 5.79 Å². The summed E-state index contributed by atoms with van der Waals surface area (Å²) >= 11 is 0. The van der Waals surface area contributed by atoms with Crippen LogP contribution >= 0.6 is 0 Å². The average molecular weight is 744 g/mol. The van der Waals surface area contributed by atoms with Crippen molar-refractivity contribution in [3.8, 4) is 0 Å². The zero-order valence-corrected chi connectivity index (χ0v) is 33.3. The molecule has 0 aromatic rings. The molecule has 298 valence electrons. The summed E-state index contributed by atoms with van der Waals surface area (Å²) in [5, 5.41) is 23.6. The first kappa shape index (κ1) is 43.0. The summed E-state index contributed by atoms with van der Waals surface area (Å²) in [6.45, 7) is 11.4. The van der Waals surface area contributed by atoms with E-state index in [-0.39, 0.29) is 37.5 Å². The van der Waals surface area contributed by atoms with E-state index in [1.54, 1.807) is 28.1 Å². The van der Waals surface area contributed by atoms with Crippen molar-refractivity contribution < 1.29 is 48.3 Å². The van der Waals surface area contributed by atoms with Crippen LogP contribution in [0.2, 0.25) is 0 Å². The highest BCUT2D eigenvalue weighted by molar-refractivity contribution is 6.39. The molecule has 2 bridgehead atoms. The van der Waals surface area contributed by atoms with Crippen LogP contribution in [-0.2, 0) is 38.1 Å². The lowest BCUT2D eigenvalue weighted by Gasteiger charge is -2.47. The molecule has 11 heteroatoms. The van der Waals surface area contributed by atoms with Crippen LogP contribution in [0.4, 0.5) is 0 Å². The average Bonchev–Trinajstić information content (AvgIpc) is 3.14. The lowest BCUT2D eigenvalue weighted by Crippen LogP contribution is -2.64. The van der Waals surface area contributed by atoms with Gasteiger partial charge in [-0.25, -0.2) is 4.79 Å². The van der Waals surface area contributed by atoms with Crippen molar-refractivity contribution in [1.82, 2.24) is 4.90 Å². The Hall–Kier alpha value is -2.70. The van der Waals surface area contributed by atoms with Crippen LogP contribution < -0.4 is 0 Å². The predicted molar refractivity (Wildman–Crippen MR) is 200 cm³/mol. The molecular formula is C42H65NO10. The Morgan fingerprint density at radius 1 is 1.02 bits per heavy atom. The van der Waals surface area contributed by atoms with E-state index in [0.717, 1.165) is 42.4 Å². The molecule has 0 saturated carbocycles. The molecule has 3 aliphatic heterocycles. The summed E-state index contributed by atoms with van der Waals surface area (Å²) < 4.78 is 24.2. The number of Topliss-reactive ketones (excluding diaryl/α,β-unsaturated/α-hetero) is 2. The van der Waals surface area contributed by atoms with Gasteiger partial charge in [0.1, 0.15) is 24.0 Å². The van der Waals surface area contributed by atoms with Crippen LogP contribution in [0.5, 0.6) is 0 Å². The maximum atomic E-state index is 14.2. The molecule has 0 aromatic carbocycles. The number of piperidine rings is 1. The minimum absolute atomic E-state index is 0.0569. The standard InChI is InChI=1S/C42H65NO10/c1-9-31-20-25(2)19-26(3)21-35(50-7)38-36(51-8)23-28(5)42(49,53-38)39(46)40(47)43-18-14-13-17-32(43)41(48)52-37(29(6)33(44)24-34(31)45)27(4)22-30-15-11-10-12-16-30/h15,20,22,26,28-29,31-33,35-38,44,49H,9-14,16-19,21,23-24H2,1-8H3/b25-20+,27-22+/t26-,28+,29+,31+,32-,33-,35-,36-,37+,38+,42+/m0/s1. The Morgan fingerprint density at radius 3 is 2.36 bits per heavy atom. The molecule has 2 saturated heterocycles. The predicted octanol–water partition coefficient (Wildman–Crippen LogP) is 5.80. The number of hydrogen-bond donors (Lipinski definition) is 2. The fourth-order valence-electron chi connectivity index (χ4n) is 8.74. The number of fused-ring (bicyclic) bond motifs is 3. The van der Waals surface area contributed by atoms with E-state index in [1.807, 2.05) is 32.9 Å². The highest BCUT2D eigenvalue weighted by Gasteiger charge is 2.56. The summed E-state index contributed by atoms with van der Waals surface area (Å²) in [4.78, 5) is 57.4. The van der Waals surface area contributed by atoms with Crippen molar-refractivity contribution in [2.24, 2.45) is 23.7 Å². The summed E-state index contributed by atoms with van der Waals surface area (Å²) in [6, 6.07) is -1.08. The molecule has 4 aliphatic rings. The third-order valence-corrected chi connectivity index (χ3v) is 12.0. The first-order valence-corrected chi connectivity index (χ1v) is 19.9. The van der Waals surface area contributed by atoms with Crippen molar-refractivity contribution in [3.63, 3.8) is 0 Å². The maximum absolute atomic E-state index is 14.2. The van der Waals surface area contributed by atoms with Crippen LogP contribution in [0.3, 0.4) is 0 Å².